The normalized spacial score (nSPS) is 22.7. The van der Waals surface area contributed by atoms with Crippen LogP contribution in [-0.2, 0) is 11.8 Å². The third-order valence-electron chi connectivity index (χ3n) is 5.62. The van der Waals surface area contributed by atoms with Gasteiger partial charge in [0.25, 0.3) is 5.91 Å². The molecule has 3 rings (SSSR count). The summed E-state index contributed by atoms with van der Waals surface area (Å²) in [6, 6.07) is 4.07. The molecule has 26 heavy (non-hydrogen) atoms. The predicted molar refractivity (Wildman–Crippen MR) is 98.8 cm³/mol. The van der Waals surface area contributed by atoms with E-state index >= 15 is 0 Å². The van der Waals surface area contributed by atoms with Crippen LogP contribution in [0.15, 0.2) is 12.1 Å². The van der Waals surface area contributed by atoms with Crippen LogP contribution in [-0.4, -0.2) is 70.6 Å². The maximum Gasteiger partial charge on any atom is 0.267 e. The van der Waals surface area contributed by atoms with Gasteiger partial charge in [0.2, 0.25) is 5.91 Å². The second-order valence-electron chi connectivity index (χ2n) is 7.39. The zero-order chi connectivity index (χ0) is 18.7. The summed E-state index contributed by atoms with van der Waals surface area (Å²) in [5.74, 6) is 0.0607. The Kier molecular flexibility index (Phi) is 5.98. The minimum Gasteiger partial charge on any atom is -0.390 e. The van der Waals surface area contributed by atoms with Crippen molar-refractivity contribution in [3.8, 4) is 0 Å². The first-order valence-electron chi connectivity index (χ1n) is 9.59. The van der Waals surface area contributed by atoms with Gasteiger partial charge in [0.1, 0.15) is 5.69 Å². The van der Waals surface area contributed by atoms with Gasteiger partial charge in [-0.1, -0.05) is 6.42 Å². The highest BCUT2D eigenvalue weighted by Crippen LogP contribution is 2.32. The minimum absolute atomic E-state index is 0.0892. The van der Waals surface area contributed by atoms with Crippen LogP contribution in [0, 0.1) is 0 Å². The SMILES string of the molecule is CNC(=O)c1ccc([C@H]2CCCCN2C[C@@H](O)CN2CCCC2=O)n1C. The molecular formula is C19H30N4O3. The zero-order valence-electron chi connectivity index (χ0n) is 15.8. The van der Waals surface area contributed by atoms with E-state index < -0.39 is 6.10 Å². The van der Waals surface area contributed by atoms with Crippen LogP contribution in [0.2, 0.25) is 0 Å². The summed E-state index contributed by atoms with van der Waals surface area (Å²) in [6.07, 6.45) is 4.21. The van der Waals surface area contributed by atoms with E-state index in [0.29, 0.717) is 25.2 Å². The van der Waals surface area contributed by atoms with Gasteiger partial charge in [-0.15, -0.1) is 0 Å². The standard InChI is InChI=1S/C19H30N4O3/c1-20-19(26)17-9-8-15(21(17)2)16-6-3-4-10-22(16)12-14(24)13-23-11-5-7-18(23)25/h8-9,14,16,24H,3-7,10-13H2,1-2H3,(H,20,26)/t14-,16-/m1/s1. The molecule has 7 nitrogen and oxygen atoms in total. The third-order valence-corrected chi connectivity index (χ3v) is 5.62. The summed E-state index contributed by atoms with van der Waals surface area (Å²) in [5, 5.41) is 13.2. The Labute approximate surface area is 154 Å². The van der Waals surface area contributed by atoms with Crippen LogP contribution in [0.25, 0.3) is 0 Å². The van der Waals surface area contributed by atoms with Gasteiger partial charge in [0.05, 0.1) is 12.1 Å². The number of nitrogens with one attached hydrogen (secondary N) is 1. The maximum absolute atomic E-state index is 12.0. The Hall–Kier alpha value is -1.86. The van der Waals surface area contributed by atoms with Gasteiger partial charge in [-0.05, 0) is 37.9 Å². The number of nitrogens with zero attached hydrogens (tertiary/aromatic N) is 3. The smallest absolute Gasteiger partial charge is 0.267 e. The van der Waals surface area contributed by atoms with Gasteiger partial charge in [-0.3, -0.25) is 14.5 Å². The second-order valence-corrected chi connectivity index (χ2v) is 7.39. The summed E-state index contributed by atoms with van der Waals surface area (Å²) < 4.78 is 1.96. The average Bonchev–Trinajstić information content (AvgIpc) is 3.20. The first kappa shape index (κ1) is 18.9. The van der Waals surface area contributed by atoms with E-state index in [9.17, 15) is 14.7 Å². The van der Waals surface area contributed by atoms with Gasteiger partial charge in [-0.2, -0.15) is 0 Å². The summed E-state index contributed by atoms with van der Waals surface area (Å²) in [4.78, 5) is 27.9. The summed E-state index contributed by atoms with van der Waals surface area (Å²) in [5.41, 5.74) is 1.75. The summed E-state index contributed by atoms with van der Waals surface area (Å²) in [7, 11) is 3.56. The molecule has 144 valence electrons. The second kappa shape index (κ2) is 8.22. The highest BCUT2D eigenvalue weighted by molar-refractivity contribution is 5.92. The first-order chi connectivity index (χ1) is 12.5. The van der Waals surface area contributed by atoms with Crippen molar-refractivity contribution in [2.45, 2.75) is 44.2 Å². The average molecular weight is 362 g/mol. The number of piperidine rings is 1. The lowest BCUT2D eigenvalue weighted by Gasteiger charge is -2.37. The van der Waals surface area contributed by atoms with Crippen LogP contribution in [0.4, 0.5) is 0 Å². The van der Waals surface area contributed by atoms with Crippen molar-refractivity contribution in [1.82, 2.24) is 19.7 Å². The van der Waals surface area contributed by atoms with Crippen molar-refractivity contribution in [2.24, 2.45) is 7.05 Å². The van der Waals surface area contributed by atoms with Crippen LogP contribution in [0.1, 0.15) is 54.3 Å². The Bertz CT molecular complexity index is 657. The number of hydrogen-bond acceptors (Lipinski definition) is 4. The van der Waals surface area contributed by atoms with E-state index in [-0.39, 0.29) is 17.9 Å². The molecule has 2 fully saturated rings. The molecule has 2 amide bonds. The highest BCUT2D eigenvalue weighted by atomic mass is 16.3. The fourth-order valence-electron chi connectivity index (χ4n) is 4.24. The van der Waals surface area contributed by atoms with Gasteiger partial charge < -0.3 is 19.9 Å². The summed E-state index contributed by atoms with van der Waals surface area (Å²) >= 11 is 0. The largest absolute Gasteiger partial charge is 0.390 e. The van der Waals surface area contributed by atoms with E-state index in [4.69, 9.17) is 0 Å². The van der Waals surface area contributed by atoms with Crippen molar-refractivity contribution >= 4 is 11.8 Å². The molecule has 2 aliphatic heterocycles. The van der Waals surface area contributed by atoms with Gasteiger partial charge >= 0.3 is 0 Å². The molecule has 2 saturated heterocycles. The van der Waals surface area contributed by atoms with E-state index in [1.807, 2.05) is 23.7 Å². The van der Waals surface area contributed by atoms with Gasteiger partial charge in [-0.25, -0.2) is 0 Å². The molecule has 2 atom stereocenters. The Morgan fingerprint density at radius 2 is 2.08 bits per heavy atom. The van der Waals surface area contributed by atoms with E-state index in [2.05, 4.69) is 10.2 Å². The van der Waals surface area contributed by atoms with Crippen molar-refractivity contribution in [3.63, 3.8) is 0 Å². The molecule has 2 N–H and O–H groups in total. The highest BCUT2D eigenvalue weighted by Gasteiger charge is 2.30. The molecule has 0 radical (unpaired) electrons. The molecular weight excluding hydrogens is 332 g/mol. The molecule has 0 aliphatic carbocycles. The van der Waals surface area contributed by atoms with Crippen LogP contribution in [0.3, 0.4) is 0 Å². The Balaban J connectivity index is 1.69. The van der Waals surface area contributed by atoms with Crippen LogP contribution in [0.5, 0.6) is 0 Å². The third kappa shape index (κ3) is 3.94. The number of carbonyl (C=O) groups excluding carboxylic acids is 2. The predicted octanol–water partition coefficient (Wildman–Crippen LogP) is 0.895. The van der Waals surface area contributed by atoms with Gasteiger partial charge in [0.15, 0.2) is 0 Å². The van der Waals surface area contributed by atoms with Crippen molar-refractivity contribution in [2.75, 3.05) is 33.2 Å². The van der Waals surface area contributed by atoms with E-state index in [0.717, 1.165) is 44.5 Å². The Morgan fingerprint density at radius 1 is 1.27 bits per heavy atom. The van der Waals surface area contributed by atoms with E-state index in [1.54, 1.807) is 11.9 Å². The molecule has 7 heteroatoms. The van der Waals surface area contributed by atoms with E-state index in [1.165, 1.54) is 0 Å². The van der Waals surface area contributed by atoms with Gasteiger partial charge in [0, 0.05) is 45.8 Å². The van der Waals surface area contributed by atoms with Crippen molar-refractivity contribution < 1.29 is 14.7 Å². The molecule has 1 aromatic heterocycles. The van der Waals surface area contributed by atoms with Crippen molar-refractivity contribution in [3.05, 3.63) is 23.5 Å². The number of hydrogen-bond donors (Lipinski definition) is 2. The Morgan fingerprint density at radius 3 is 2.77 bits per heavy atom. The molecule has 3 heterocycles. The monoisotopic (exact) mass is 362 g/mol. The first-order valence-corrected chi connectivity index (χ1v) is 9.59. The molecule has 0 aromatic carbocycles. The molecule has 0 saturated carbocycles. The molecule has 0 bridgehead atoms. The number of aromatic nitrogens is 1. The lowest BCUT2D eigenvalue weighted by Crippen LogP contribution is -2.44. The summed E-state index contributed by atoms with van der Waals surface area (Å²) in [6.45, 7) is 2.65. The fraction of sp³-hybridized carbons (Fsp3) is 0.684. The van der Waals surface area contributed by atoms with Crippen LogP contribution >= 0.6 is 0 Å². The molecule has 0 unspecified atom stereocenters. The fourth-order valence-corrected chi connectivity index (χ4v) is 4.24. The molecule has 2 aliphatic rings. The van der Waals surface area contributed by atoms with Crippen LogP contribution < -0.4 is 5.32 Å². The lowest BCUT2D eigenvalue weighted by molar-refractivity contribution is -0.129. The van der Waals surface area contributed by atoms with Crippen molar-refractivity contribution in [1.29, 1.82) is 0 Å². The maximum atomic E-state index is 12.0. The number of aliphatic hydroxyl groups is 1. The number of β-amino-alcohol motifs (C(OH)–C–C–N with tert-alkyl or cyclic N) is 1. The number of amides is 2. The minimum atomic E-state index is -0.545. The zero-order valence-corrected chi connectivity index (χ0v) is 15.8. The number of likely N-dealkylation sites (tertiary alicyclic amines) is 2. The number of aliphatic hydroxyl groups excluding tert-OH is 1. The molecule has 1 aromatic rings. The topological polar surface area (TPSA) is 77.8 Å². The number of rotatable bonds is 6. The quantitative estimate of drug-likeness (QED) is 0.788. The number of carbonyl (C=O) groups is 2. The molecule has 0 spiro atoms. The lowest BCUT2D eigenvalue weighted by atomic mass is 9.98.